The molecular formula is C27H20O6. The number of rotatable bonds is 8. The third-order valence-electron chi connectivity index (χ3n) is 4.43. The minimum Gasteiger partial charge on any atom is -0.457 e. The third-order valence-corrected chi connectivity index (χ3v) is 4.43. The summed E-state index contributed by atoms with van der Waals surface area (Å²) < 4.78 is 15.5. The van der Waals surface area contributed by atoms with Gasteiger partial charge in [-0.15, -0.1) is 0 Å². The van der Waals surface area contributed by atoms with E-state index in [1.165, 1.54) is 6.08 Å². The fourth-order valence-corrected chi connectivity index (χ4v) is 2.74. The van der Waals surface area contributed by atoms with Crippen LogP contribution >= 0.6 is 0 Å². The van der Waals surface area contributed by atoms with Gasteiger partial charge in [0.15, 0.2) is 5.78 Å². The summed E-state index contributed by atoms with van der Waals surface area (Å²) in [4.78, 5) is 34.7. The lowest BCUT2D eigenvalue weighted by molar-refractivity contribution is -0.144. The molecule has 0 N–H and O–H groups in total. The highest BCUT2D eigenvalue weighted by Crippen LogP contribution is 2.23. The molecule has 0 aliphatic heterocycles. The van der Waals surface area contributed by atoms with Gasteiger partial charge in [-0.05, 0) is 65.4 Å². The molecule has 164 valence electrons. The van der Waals surface area contributed by atoms with Crippen LogP contribution in [0, 0.1) is 11.8 Å². The standard InChI is InChI=1S/C27H20O6/c1-3-23(28)7-5-6-19-8-9-22-17-25(15-12-21(22)16-19)33-27(30)20-10-13-24(14-11-20)31-18-32-26(29)4-2/h3-4,8-17H,1-2,7,18H2. The van der Waals surface area contributed by atoms with Crippen LogP contribution in [0.15, 0.2) is 86.0 Å². The Hall–Kier alpha value is -4.63. The average Bonchev–Trinajstić information content (AvgIpc) is 2.84. The van der Waals surface area contributed by atoms with Gasteiger partial charge >= 0.3 is 11.9 Å². The van der Waals surface area contributed by atoms with Crippen LogP contribution in [0.2, 0.25) is 0 Å². The second-order valence-corrected chi connectivity index (χ2v) is 6.72. The molecule has 6 heteroatoms. The molecule has 0 unspecified atom stereocenters. The van der Waals surface area contributed by atoms with Crippen LogP contribution in [0.5, 0.6) is 11.5 Å². The first-order valence-corrected chi connectivity index (χ1v) is 9.90. The van der Waals surface area contributed by atoms with Crippen molar-refractivity contribution >= 4 is 28.5 Å². The Morgan fingerprint density at radius 2 is 1.55 bits per heavy atom. The van der Waals surface area contributed by atoms with Gasteiger partial charge in [-0.25, -0.2) is 9.59 Å². The molecule has 0 saturated carbocycles. The Bertz CT molecular complexity index is 1280. The summed E-state index contributed by atoms with van der Waals surface area (Å²) in [6.07, 6.45) is 2.42. The number of carbonyl (C=O) groups excluding carboxylic acids is 3. The van der Waals surface area contributed by atoms with E-state index in [1.807, 2.05) is 24.3 Å². The van der Waals surface area contributed by atoms with E-state index in [2.05, 4.69) is 25.0 Å². The molecule has 0 heterocycles. The highest BCUT2D eigenvalue weighted by atomic mass is 16.7. The number of benzene rings is 3. The maximum atomic E-state index is 12.5. The second-order valence-electron chi connectivity index (χ2n) is 6.72. The number of ether oxygens (including phenoxy) is 3. The molecule has 0 amide bonds. The van der Waals surface area contributed by atoms with Gasteiger partial charge in [-0.3, -0.25) is 4.79 Å². The van der Waals surface area contributed by atoms with Gasteiger partial charge in [-0.1, -0.05) is 37.1 Å². The Morgan fingerprint density at radius 3 is 2.27 bits per heavy atom. The molecular weight excluding hydrogens is 420 g/mol. The number of ketones is 1. The predicted molar refractivity (Wildman–Crippen MR) is 124 cm³/mol. The lowest BCUT2D eigenvalue weighted by atomic mass is 10.1. The molecule has 0 spiro atoms. The molecule has 3 rings (SSSR count). The van der Waals surface area contributed by atoms with Crippen molar-refractivity contribution in [1.29, 1.82) is 0 Å². The Morgan fingerprint density at radius 1 is 0.848 bits per heavy atom. The van der Waals surface area contributed by atoms with Crippen LogP contribution in [0.1, 0.15) is 22.3 Å². The summed E-state index contributed by atoms with van der Waals surface area (Å²) in [5.41, 5.74) is 1.12. The van der Waals surface area contributed by atoms with Gasteiger partial charge in [-0.2, -0.15) is 0 Å². The molecule has 3 aromatic rings. The van der Waals surface area contributed by atoms with Crippen molar-refractivity contribution in [2.24, 2.45) is 0 Å². The fourth-order valence-electron chi connectivity index (χ4n) is 2.74. The van der Waals surface area contributed by atoms with Crippen LogP contribution in [0.25, 0.3) is 10.8 Å². The van der Waals surface area contributed by atoms with Crippen molar-refractivity contribution in [3.8, 4) is 23.3 Å². The molecule has 0 bridgehead atoms. The van der Waals surface area contributed by atoms with Crippen molar-refractivity contribution in [2.75, 3.05) is 6.79 Å². The Kier molecular flexibility index (Phi) is 7.76. The largest absolute Gasteiger partial charge is 0.457 e. The molecule has 33 heavy (non-hydrogen) atoms. The fraction of sp³-hybridized carbons (Fsp3) is 0.0741. The molecule has 6 nitrogen and oxygen atoms in total. The molecule has 0 fully saturated rings. The van der Waals surface area contributed by atoms with E-state index in [9.17, 15) is 14.4 Å². The SMILES string of the molecule is C=CC(=O)CC#Cc1ccc2cc(OC(=O)c3ccc(OCOC(=O)C=C)cc3)ccc2c1. The first-order chi connectivity index (χ1) is 16.0. The van der Waals surface area contributed by atoms with Gasteiger partial charge in [0.2, 0.25) is 6.79 Å². The van der Waals surface area contributed by atoms with E-state index >= 15 is 0 Å². The van der Waals surface area contributed by atoms with E-state index in [4.69, 9.17) is 14.2 Å². The lowest BCUT2D eigenvalue weighted by Gasteiger charge is -2.08. The summed E-state index contributed by atoms with van der Waals surface area (Å²) in [6.45, 7) is 6.45. The molecule has 0 atom stereocenters. The Labute approximate surface area is 191 Å². The number of hydrogen-bond acceptors (Lipinski definition) is 6. The monoisotopic (exact) mass is 440 g/mol. The number of carbonyl (C=O) groups is 3. The normalized spacial score (nSPS) is 9.82. The highest BCUT2D eigenvalue weighted by molar-refractivity contribution is 5.93. The van der Waals surface area contributed by atoms with E-state index in [1.54, 1.807) is 36.4 Å². The lowest BCUT2D eigenvalue weighted by Crippen LogP contribution is -2.09. The molecule has 0 aromatic heterocycles. The highest BCUT2D eigenvalue weighted by Gasteiger charge is 2.10. The number of esters is 2. The van der Waals surface area contributed by atoms with E-state index in [-0.39, 0.29) is 19.0 Å². The van der Waals surface area contributed by atoms with Crippen molar-refractivity contribution in [3.63, 3.8) is 0 Å². The van der Waals surface area contributed by atoms with Gasteiger partial charge in [0.25, 0.3) is 0 Å². The smallest absolute Gasteiger partial charge is 0.343 e. The topological polar surface area (TPSA) is 78.9 Å². The second kappa shape index (κ2) is 11.1. The van der Waals surface area contributed by atoms with Crippen LogP contribution in [0.3, 0.4) is 0 Å². The number of hydrogen-bond donors (Lipinski definition) is 0. The maximum Gasteiger partial charge on any atom is 0.343 e. The minimum atomic E-state index is -0.588. The van der Waals surface area contributed by atoms with E-state index in [0.29, 0.717) is 17.1 Å². The average molecular weight is 440 g/mol. The number of allylic oxidation sites excluding steroid dienone is 1. The van der Waals surface area contributed by atoms with Crippen LogP contribution in [-0.2, 0) is 14.3 Å². The van der Waals surface area contributed by atoms with Crippen LogP contribution in [-0.4, -0.2) is 24.5 Å². The molecule has 0 radical (unpaired) electrons. The zero-order chi connectivity index (χ0) is 23.6. The number of fused-ring (bicyclic) bond motifs is 1. The summed E-state index contributed by atoms with van der Waals surface area (Å²) in [6, 6.07) is 17.2. The van der Waals surface area contributed by atoms with E-state index in [0.717, 1.165) is 22.4 Å². The zero-order valence-electron chi connectivity index (χ0n) is 17.7. The van der Waals surface area contributed by atoms with Crippen LogP contribution in [0.4, 0.5) is 0 Å². The Balaban J connectivity index is 1.62. The summed E-state index contributed by atoms with van der Waals surface area (Å²) in [5.74, 6) is 5.38. The zero-order valence-corrected chi connectivity index (χ0v) is 17.7. The summed E-state index contributed by atoms with van der Waals surface area (Å²) in [7, 11) is 0. The van der Waals surface area contributed by atoms with Crippen molar-refractivity contribution in [1.82, 2.24) is 0 Å². The van der Waals surface area contributed by atoms with Gasteiger partial charge in [0.05, 0.1) is 12.0 Å². The van der Waals surface area contributed by atoms with Gasteiger partial charge in [0.1, 0.15) is 11.5 Å². The van der Waals surface area contributed by atoms with Gasteiger partial charge in [0, 0.05) is 11.6 Å². The quantitative estimate of drug-likeness (QED) is 0.167. The van der Waals surface area contributed by atoms with Crippen molar-refractivity contribution < 1.29 is 28.6 Å². The first kappa shape index (κ1) is 23.0. The van der Waals surface area contributed by atoms with E-state index < -0.39 is 11.9 Å². The molecule has 0 saturated heterocycles. The first-order valence-electron chi connectivity index (χ1n) is 9.90. The maximum absolute atomic E-state index is 12.5. The predicted octanol–water partition coefficient (Wildman–Crippen LogP) is 4.62. The van der Waals surface area contributed by atoms with Gasteiger partial charge < -0.3 is 14.2 Å². The minimum absolute atomic E-state index is 0.120. The van der Waals surface area contributed by atoms with Crippen molar-refractivity contribution in [3.05, 3.63) is 97.1 Å². The van der Waals surface area contributed by atoms with Crippen LogP contribution < -0.4 is 9.47 Å². The molecule has 3 aromatic carbocycles. The molecule has 0 aliphatic rings. The molecule has 0 aliphatic carbocycles. The van der Waals surface area contributed by atoms with Crippen molar-refractivity contribution in [2.45, 2.75) is 6.42 Å². The summed E-state index contributed by atoms with van der Waals surface area (Å²) in [5, 5.41) is 1.81. The summed E-state index contributed by atoms with van der Waals surface area (Å²) >= 11 is 0. The third kappa shape index (κ3) is 6.68.